The van der Waals surface area contributed by atoms with Crippen molar-refractivity contribution in [1.82, 2.24) is 5.32 Å². The van der Waals surface area contributed by atoms with Crippen molar-refractivity contribution in [3.63, 3.8) is 0 Å². The summed E-state index contributed by atoms with van der Waals surface area (Å²) in [4.78, 5) is 0. The third kappa shape index (κ3) is 2.42. The van der Waals surface area contributed by atoms with Crippen LogP contribution in [0.5, 0.6) is 0 Å². The van der Waals surface area contributed by atoms with Gasteiger partial charge >= 0.3 is 0 Å². The first kappa shape index (κ1) is 9.44. The van der Waals surface area contributed by atoms with E-state index >= 15 is 0 Å². The van der Waals surface area contributed by atoms with Crippen LogP contribution < -0.4 is 5.32 Å². The van der Waals surface area contributed by atoms with Gasteiger partial charge in [0, 0.05) is 19.2 Å². The Morgan fingerprint density at radius 3 is 2.85 bits per heavy atom. The lowest BCUT2D eigenvalue weighted by Crippen LogP contribution is -2.40. The molecule has 2 fully saturated rings. The normalized spacial score (nSPS) is 36.5. The molecule has 0 amide bonds. The molecule has 1 heterocycles. The van der Waals surface area contributed by atoms with Gasteiger partial charge in [-0.25, -0.2) is 0 Å². The van der Waals surface area contributed by atoms with Gasteiger partial charge in [0.15, 0.2) is 0 Å². The lowest BCUT2D eigenvalue weighted by molar-refractivity contribution is 0.0779. The summed E-state index contributed by atoms with van der Waals surface area (Å²) >= 11 is 0. The van der Waals surface area contributed by atoms with Crippen molar-refractivity contribution in [2.45, 2.75) is 44.4 Å². The molecule has 1 saturated heterocycles. The second-order valence-electron chi connectivity index (χ2n) is 4.33. The van der Waals surface area contributed by atoms with E-state index in [-0.39, 0.29) is 6.10 Å². The standard InChI is InChI=1S/C10H19NO2/c1-7(12)6-11-9-4-5-13-10(9)8-2-3-8/h7-12H,2-6H2,1H3/t7-,9?,10?/m1/s1. The van der Waals surface area contributed by atoms with Crippen molar-refractivity contribution in [2.75, 3.05) is 13.2 Å². The van der Waals surface area contributed by atoms with E-state index in [9.17, 15) is 0 Å². The van der Waals surface area contributed by atoms with Crippen LogP contribution in [0, 0.1) is 5.92 Å². The molecule has 2 aliphatic rings. The number of nitrogens with one attached hydrogen (secondary N) is 1. The summed E-state index contributed by atoms with van der Waals surface area (Å²) in [6.07, 6.45) is 3.95. The van der Waals surface area contributed by atoms with Gasteiger partial charge in [-0.3, -0.25) is 0 Å². The number of rotatable bonds is 4. The molecule has 0 spiro atoms. The predicted molar refractivity (Wildman–Crippen MR) is 50.6 cm³/mol. The van der Waals surface area contributed by atoms with Crippen LogP contribution in [0.25, 0.3) is 0 Å². The molecule has 13 heavy (non-hydrogen) atoms. The number of hydrogen-bond acceptors (Lipinski definition) is 3. The molecule has 0 aromatic carbocycles. The quantitative estimate of drug-likeness (QED) is 0.671. The summed E-state index contributed by atoms with van der Waals surface area (Å²) in [5, 5.41) is 12.5. The fraction of sp³-hybridized carbons (Fsp3) is 1.00. The van der Waals surface area contributed by atoms with Crippen LogP contribution in [0.4, 0.5) is 0 Å². The van der Waals surface area contributed by atoms with Crippen LogP contribution in [-0.4, -0.2) is 36.5 Å². The van der Waals surface area contributed by atoms with Crippen LogP contribution in [-0.2, 0) is 4.74 Å². The van der Waals surface area contributed by atoms with Crippen LogP contribution in [0.3, 0.4) is 0 Å². The molecule has 3 nitrogen and oxygen atoms in total. The molecular formula is C10H19NO2. The van der Waals surface area contributed by atoms with Crippen molar-refractivity contribution >= 4 is 0 Å². The number of aliphatic hydroxyl groups excluding tert-OH is 1. The summed E-state index contributed by atoms with van der Waals surface area (Å²) in [7, 11) is 0. The molecular weight excluding hydrogens is 166 g/mol. The Kier molecular flexibility index (Phi) is 2.86. The average molecular weight is 185 g/mol. The first-order valence-corrected chi connectivity index (χ1v) is 5.30. The monoisotopic (exact) mass is 185 g/mol. The SMILES string of the molecule is C[C@@H](O)CNC1CCOC1C1CC1. The van der Waals surface area contributed by atoms with E-state index in [1.165, 1.54) is 12.8 Å². The first-order chi connectivity index (χ1) is 6.27. The fourth-order valence-corrected chi connectivity index (χ4v) is 2.04. The largest absolute Gasteiger partial charge is 0.392 e. The minimum atomic E-state index is -0.250. The van der Waals surface area contributed by atoms with E-state index in [0.717, 1.165) is 18.9 Å². The average Bonchev–Trinajstić information content (AvgIpc) is 2.82. The lowest BCUT2D eigenvalue weighted by Gasteiger charge is -2.20. The molecule has 2 unspecified atom stereocenters. The first-order valence-electron chi connectivity index (χ1n) is 5.30. The van der Waals surface area contributed by atoms with Gasteiger partial charge in [-0.15, -0.1) is 0 Å². The maximum absolute atomic E-state index is 9.15. The molecule has 0 bridgehead atoms. The third-order valence-electron chi connectivity index (χ3n) is 2.90. The topological polar surface area (TPSA) is 41.5 Å². The van der Waals surface area contributed by atoms with Crippen LogP contribution in [0.2, 0.25) is 0 Å². The Labute approximate surface area is 79.5 Å². The van der Waals surface area contributed by atoms with Gasteiger partial charge in [0.25, 0.3) is 0 Å². The number of ether oxygens (including phenoxy) is 1. The summed E-state index contributed by atoms with van der Waals surface area (Å²) in [5.74, 6) is 0.800. The minimum Gasteiger partial charge on any atom is -0.392 e. The highest BCUT2D eigenvalue weighted by molar-refractivity contribution is 4.93. The summed E-state index contributed by atoms with van der Waals surface area (Å²) < 4.78 is 5.68. The molecule has 3 heteroatoms. The van der Waals surface area contributed by atoms with Crippen LogP contribution in [0.1, 0.15) is 26.2 Å². The van der Waals surface area contributed by atoms with Crippen molar-refractivity contribution in [1.29, 1.82) is 0 Å². The molecule has 1 aliphatic carbocycles. The van der Waals surface area contributed by atoms with E-state index in [0.29, 0.717) is 18.7 Å². The smallest absolute Gasteiger partial charge is 0.0756 e. The molecule has 2 N–H and O–H groups in total. The Bertz CT molecular complexity index is 168. The molecule has 1 aliphatic heterocycles. The van der Waals surface area contributed by atoms with E-state index < -0.39 is 0 Å². The highest BCUT2D eigenvalue weighted by Gasteiger charge is 2.40. The van der Waals surface area contributed by atoms with Crippen LogP contribution >= 0.6 is 0 Å². The highest BCUT2D eigenvalue weighted by Crippen LogP contribution is 2.38. The molecule has 2 rings (SSSR count). The van der Waals surface area contributed by atoms with Gasteiger partial charge < -0.3 is 15.2 Å². The van der Waals surface area contributed by atoms with E-state index in [1.807, 2.05) is 6.92 Å². The number of hydrogen-bond donors (Lipinski definition) is 2. The Hall–Kier alpha value is -0.120. The van der Waals surface area contributed by atoms with Crippen molar-refractivity contribution in [2.24, 2.45) is 5.92 Å². The molecule has 3 atom stereocenters. The molecule has 0 radical (unpaired) electrons. The molecule has 76 valence electrons. The zero-order valence-corrected chi connectivity index (χ0v) is 8.20. The van der Waals surface area contributed by atoms with Gasteiger partial charge in [0.05, 0.1) is 12.2 Å². The minimum absolute atomic E-state index is 0.250. The van der Waals surface area contributed by atoms with Crippen molar-refractivity contribution < 1.29 is 9.84 Å². The zero-order valence-electron chi connectivity index (χ0n) is 8.20. The lowest BCUT2D eigenvalue weighted by atomic mass is 10.1. The second-order valence-corrected chi connectivity index (χ2v) is 4.33. The van der Waals surface area contributed by atoms with E-state index in [4.69, 9.17) is 9.84 Å². The second kappa shape index (κ2) is 3.95. The Morgan fingerprint density at radius 1 is 1.46 bits per heavy atom. The highest BCUT2D eigenvalue weighted by atomic mass is 16.5. The van der Waals surface area contributed by atoms with Gasteiger partial charge in [0.2, 0.25) is 0 Å². The maximum atomic E-state index is 9.15. The Balaban J connectivity index is 1.76. The molecule has 0 aromatic heterocycles. The maximum Gasteiger partial charge on any atom is 0.0756 e. The Morgan fingerprint density at radius 2 is 2.23 bits per heavy atom. The van der Waals surface area contributed by atoms with Crippen molar-refractivity contribution in [3.8, 4) is 0 Å². The van der Waals surface area contributed by atoms with Gasteiger partial charge in [-0.05, 0) is 32.1 Å². The molecule has 1 saturated carbocycles. The third-order valence-corrected chi connectivity index (χ3v) is 2.90. The molecule has 0 aromatic rings. The zero-order chi connectivity index (χ0) is 9.26. The van der Waals surface area contributed by atoms with E-state index in [1.54, 1.807) is 0 Å². The number of aliphatic hydroxyl groups is 1. The van der Waals surface area contributed by atoms with Crippen LogP contribution in [0.15, 0.2) is 0 Å². The predicted octanol–water partition coefficient (Wildman–Crippen LogP) is 0.524. The summed E-state index contributed by atoms with van der Waals surface area (Å²) in [6, 6.07) is 0.488. The van der Waals surface area contributed by atoms with Gasteiger partial charge in [0.1, 0.15) is 0 Å². The van der Waals surface area contributed by atoms with Gasteiger partial charge in [-0.2, -0.15) is 0 Å². The van der Waals surface area contributed by atoms with E-state index in [2.05, 4.69) is 5.32 Å². The fourth-order valence-electron chi connectivity index (χ4n) is 2.04. The van der Waals surface area contributed by atoms with Crippen molar-refractivity contribution in [3.05, 3.63) is 0 Å². The summed E-state index contributed by atoms with van der Waals surface area (Å²) in [6.45, 7) is 3.39. The van der Waals surface area contributed by atoms with Gasteiger partial charge in [-0.1, -0.05) is 0 Å². The summed E-state index contributed by atoms with van der Waals surface area (Å²) in [5.41, 5.74) is 0.